The SMILES string of the molecule is COCCNC(=O)c1ccc(N2CCNCC2)c(NS(=O)(=O)c2ccc(F)cc2)c1.O=C(O)C(F)(F)F. The zero-order valence-corrected chi connectivity index (χ0v) is 20.5. The maximum atomic E-state index is 13.2. The Hall–Kier alpha value is -3.43. The molecule has 10 nitrogen and oxygen atoms in total. The smallest absolute Gasteiger partial charge is 0.475 e. The minimum atomic E-state index is -5.08. The fourth-order valence-corrected chi connectivity index (χ4v) is 4.19. The van der Waals surface area contributed by atoms with E-state index >= 15 is 0 Å². The maximum Gasteiger partial charge on any atom is 0.490 e. The lowest BCUT2D eigenvalue weighted by molar-refractivity contribution is -0.192. The van der Waals surface area contributed by atoms with Gasteiger partial charge in [0, 0.05) is 45.4 Å². The number of hydrogen-bond acceptors (Lipinski definition) is 7. The second-order valence-electron chi connectivity index (χ2n) is 7.58. The standard InChI is InChI=1S/C20H25FN4O4S.C2HF3O2/c1-29-13-10-23-20(26)15-2-7-19(25-11-8-22-9-12-25)18(14-15)24-30(27,28)17-5-3-16(21)4-6-17;3-2(4,5)1(6)7/h2-7,14,22,24H,8-13H2,1H3,(H,23,26);(H,6,7). The molecule has 15 heteroatoms. The minimum absolute atomic E-state index is 0.0647. The van der Waals surface area contributed by atoms with Gasteiger partial charge in [0.2, 0.25) is 0 Å². The van der Waals surface area contributed by atoms with Gasteiger partial charge in [0.25, 0.3) is 15.9 Å². The molecule has 1 amide bonds. The van der Waals surface area contributed by atoms with Crippen molar-refractivity contribution in [3.8, 4) is 0 Å². The lowest BCUT2D eigenvalue weighted by Gasteiger charge is -2.31. The molecule has 2 aromatic carbocycles. The van der Waals surface area contributed by atoms with Crippen LogP contribution in [-0.4, -0.2) is 78.0 Å². The van der Waals surface area contributed by atoms with E-state index in [1.54, 1.807) is 12.1 Å². The van der Waals surface area contributed by atoms with Gasteiger partial charge in [0.05, 0.1) is 22.9 Å². The first-order chi connectivity index (χ1) is 17.3. The fraction of sp³-hybridized carbons (Fsp3) is 0.364. The molecular weight excluding hydrogens is 524 g/mol. The average molecular weight is 551 g/mol. The summed E-state index contributed by atoms with van der Waals surface area (Å²) in [5.41, 5.74) is 1.29. The summed E-state index contributed by atoms with van der Waals surface area (Å²) in [5.74, 6) is -3.61. The lowest BCUT2D eigenvalue weighted by Crippen LogP contribution is -2.43. The van der Waals surface area contributed by atoms with Crippen LogP contribution in [0.5, 0.6) is 0 Å². The number of halogens is 4. The normalized spacial score (nSPS) is 13.8. The highest BCUT2D eigenvalue weighted by Gasteiger charge is 2.38. The highest BCUT2D eigenvalue weighted by atomic mass is 32.2. The number of carbonyl (C=O) groups is 2. The number of carboxylic acid groups (broad SMARTS) is 1. The van der Waals surface area contributed by atoms with Gasteiger partial charge in [0.15, 0.2) is 0 Å². The topological polar surface area (TPSA) is 137 Å². The molecule has 1 aliphatic heterocycles. The molecular formula is C22H26F4N4O6S. The van der Waals surface area contributed by atoms with Gasteiger partial charge in [-0.05, 0) is 42.5 Å². The van der Waals surface area contributed by atoms with Crippen LogP contribution in [0.4, 0.5) is 28.9 Å². The van der Waals surface area contributed by atoms with Crippen molar-refractivity contribution in [1.82, 2.24) is 10.6 Å². The molecule has 3 rings (SSSR count). The van der Waals surface area contributed by atoms with Crippen LogP contribution >= 0.6 is 0 Å². The van der Waals surface area contributed by atoms with Gasteiger partial charge in [-0.1, -0.05) is 0 Å². The molecule has 1 fully saturated rings. The van der Waals surface area contributed by atoms with Gasteiger partial charge in [-0.15, -0.1) is 0 Å². The molecule has 0 saturated carbocycles. The Morgan fingerprint density at radius 2 is 1.70 bits per heavy atom. The Bertz CT molecular complexity index is 1170. The van der Waals surface area contributed by atoms with Gasteiger partial charge in [0.1, 0.15) is 5.82 Å². The first-order valence-electron chi connectivity index (χ1n) is 10.8. The molecule has 37 heavy (non-hydrogen) atoms. The molecule has 0 radical (unpaired) electrons. The van der Waals surface area contributed by atoms with E-state index in [2.05, 4.69) is 15.4 Å². The Kier molecular flexibility index (Phi) is 10.6. The van der Waals surface area contributed by atoms with Crippen LogP contribution in [0, 0.1) is 5.82 Å². The van der Waals surface area contributed by atoms with E-state index in [-0.39, 0.29) is 10.8 Å². The monoisotopic (exact) mass is 550 g/mol. The largest absolute Gasteiger partial charge is 0.490 e. The number of sulfonamides is 1. The van der Waals surface area contributed by atoms with E-state index in [1.807, 2.05) is 4.90 Å². The predicted molar refractivity (Wildman–Crippen MR) is 127 cm³/mol. The molecule has 1 saturated heterocycles. The Balaban J connectivity index is 0.000000604. The lowest BCUT2D eigenvalue weighted by atomic mass is 10.1. The van der Waals surface area contributed by atoms with Crippen molar-refractivity contribution >= 4 is 33.3 Å². The van der Waals surface area contributed by atoms with Crippen molar-refractivity contribution in [1.29, 1.82) is 0 Å². The number of amides is 1. The van der Waals surface area contributed by atoms with Crippen molar-refractivity contribution in [3.05, 3.63) is 53.8 Å². The number of anilines is 2. The molecule has 0 aliphatic carbocycles. The van der Waals surface area contributed by atoms with Crippen LogP contribution in [-0.2, 0) is 19.6 Å². The molecule has 4 N–H and O–H groups in total. The number of nitrogens with one attached hydrogen (secondary N) is 3. The van der Waals surface area contributed by atoms with Crippen LogP contribution in [0.25, 0.3) is 0 Å². The predicted octanol–water partition coefficient (Wildman–Crippen LogP) is 2.05. The van der Waals surface area contributed by atoms with Crippen LogP contribution in [0.1, 0.15) is 10.4 Å². The number of hydrogen-bond donors (Lipinski definition) is 4. The number of rotatable bonds is 8. The van der Waals surface area contributed by atoms with Gasteiger partial charge in [-0.3, -0.25) is 9.52 Å². The van der Waals surface area contributed by atoms with Crippen molar-refractivity contribution < 1.29 is 45.4 Å². The first kappa shape index (κ1) is 29.8. The van der Waals surface area contributed by atoms with Crippen LogP contribution < -0.4 is 20.3 Å². The number of piperazine rings is 1. The quantitative estimate of drug-likeness (QED) is 0.290. The summed E-state index contributed by atoms with van der Waals surface area (Å²) in [6.45, 7) is 3.64. The van der Waals surface area contributed by atoms with Crippen LogP contribution in [0.15, 0.2) is 47.4 Å². The molecule has 1 aliphatic rings. The third-order valence-corrected chi connectivity index (χ3v) is 6.30. The van der Waals surface area contributed by atoms with E-state index in [0.29, 0.717) is 43.2 Å². The molecule has 0 aromatic heterocycles. The second kappa shape index (κ2) is 13.2. The van der Waals surface area contributed by atoms with Crippen molar-refractivity contribution in [2.75, 3.05) is 56.1 Å². The fourth-order valence-electron chi connectivity index (χ4n) is 3.13. The van der Waals surface area contributed by atoms with E-state index in [0.717, 1.165) is 25.2 Å². The number of ether oxygens (including phenoxy) is 1. The van der Waals surface area contributed by atoms with Crippen molar-refractivity contribution in [2.24, 2.45) is 0 Å². The third kappa shape index (κ3) is 9.18. The van der Waals surface area contributed by atoms with E-state index in [9.17, 15) is 30.8 Å². The summed E-state index contributed by atoms with van der Waals surface area (Å²) in [6, 6.07) is 9.48. The minimum Gasteiger partial charge on any atom is -0.475 e. The number of carbonyl (C=O) groups excluding carboxylic acids is 1. The molecule has 0 atom stereocenters. The zero-order chi connectivity index (χ0) is 27.6. The van der Waals surface area contributed by atoms with Gasteiger partial charge in [-0.25, -0.2) is 17.6 Å². The highest BCUT2D eigenvalue weighted by Crippen LogP contribution is 2.30. The summed E-state index contributed by atoms with van der Waals surface area (Å²) >= 11 is 0. The van der Waals surface area contributed by atoms with E-state index < -0.39 is 28.0 Å². The highest BCUT2D eigenvalue weighted by molar-refractivity contribution is 7.92. The Morgan fingerprint density at radius 1 is 1.11 bits per heavy atom. The Morgan fingerprint density at radius 3 is 2.24 bits per heavy atom. The first-order valence-corrected chi connectivity index (χ1v) is 12.3. The summed E-state index contributed by atoms with van der Waals surface area (Å²) in [6.07, 6.45) is -5.08. The third-order valence-electron chi connectivity index (χ3n) is 4.92. The maximum absolute atomic E-state index is 13.2. The van der Waals surface area contributed by atoms with Crippen LogP contribution in [0.3, 0.4) is 0 Å². The molecule has 0 bridgehead atoms. The van der Waals surface area contributed by atoms with Gasteiger partial charge in [-0.2, -0.15) is 13.2 Å². The molecule has 204 valence electrons. The number of aliphatic carboxylic acids is 1. The number of benzene rings is 2. The van der Waals surface area contributed by atoms with Crippen molar-refractivity contribution in [3.63, 3.8) is 0 Å². The molecule has 0 unspecified atom stereocenters. The van der Waals surface area contributed by atoms with Gasteiger partial charge >= 0.3 is 12.1 Å². The summed E-state index contributed by atoms with van der Waals surface area (Å²) in [4.78, 5) is 23.3. The molecule has 2 aromatic rings. The zero-order valence-electron chi connectivity index (χ0n) is 19.6. The van der Waals surface area contributed by atoms with Crippen molar-refractivity contribution in [2.45, 2.75) is 11.1 Å². The van der Waals surface area contributed by atoms with Crippen LogP contribution in [0.2, 0.25) is 0 Å². The molecule has 0 spiro atoms. The number of carboxylic acids is 1. The average Bonchev–Trinajstić information content (AvgIpc) is 2.84. The second-order valence-corrected chi connectivity index (χ2v) is 9.26. The molecule has 1 heterocycles. The summed E-state index contributed by atoms with van der Waals surface area (Å²) in [5, 5.41) is 13.1. The van der Waals surface area contributed by atoms with E-state index in [1.165, 1.54) is 25.3 Å². The summed E-state index contributed by atoms with van der Waals surface area (Å²) in [7, 11) is -2.43. The number of methoxy groups -OCH3 is 1. The number of alkyl halides is 3. The number of nitrogens with zero attached hydrogens (tertiary/aromatic N) is 1. The Labute approximate surface area is 210 Å². The van der Waals surface area contributed by atoms with Gasteiger partial charge < -0.3 is 25.4 Å². The van der Waals surface area contributed by atoms with E-state index in [4.69, 9.17) is 14.6 Å². The summed E-state index contributed by atoms with van der Waals surface area (Å²) < 4.78 is 78.1.